The monoisotopic (exact) mass is 320 g/mol. The Balaban J connectivity index is 1.41. The molecule has 2 aromatic heterocycles. The average molecular weight is 320 g/mol. The molecule has 120 valence electrons. The van der Waals surface area contributed by atoms with Gasteiger partial charge in [0.05, 0.1) is 5.56 Å². The zero-order chi connectivity index (χ0) is 16.4. The molecule has 24 heavy (non-hydrogen) atoms. The predicted octanol–water partition coefficient (Wildman–Crippen LogP) is 2.65. The molecule has 1 aliphatic heterocycles. The molecule has 3 aromatic rings. The normalized spacial score (nSPS) is 13.1. The van der Waals surface area contributed by atoms with Crippen molar-refractivity contribution in [2.75, 3.05) is 11.4 Å². The third kappa shape index (κ3) is 2.78. The van der Waals surface area contributed by atoms with Crippen molar-refractivity contribution in [1.82, 2.24) is 15.2 Å². The molecule has 0 saturated carbocycles. The second-order valence-electron chi connectivity index (χ2n) is 5.67. The lowest BCUT2D eigenvalue weighted by Crippen LogP contribution is -2.29. The van der Waals surface area contributed by atoms with E-state index in [0.29, 0.717) is 24.6 Å². The van der Waals surface area contributed by atoms with Crippen LogP contribution >= 0.6 is 0 Å². The molecule has 0 unspecified atom stereocenters. The topological polar surface area (TPSA) is 72.1 Å². The van der Waals surface area contributed by atoms with E-state index in [-0.39, 0.29) is 5.91 Å². The van der Waals surface area contributed by atoms with E-state index >= 15 is 0 Å². The van der Waals surface area contributed by atoms with Crippen molar-refractivity contribution in [3.63, 3.8) is 0 Å². The quantitative estimate of drug-likeness (QED) is 0.739. The SMILES string of the molecule is O=C(CCc1nnc(-c2cccnc2)o1)N1CCc2ccccc21. The van der Waals surface area contributed by atoms with Crippen LogP contribution < -0.4 is 4.90 Å². The number of carbonyl (C=O) groups is 1. The van der Waals surface area contributed by atoms with Crippen molar-refractivity contribution in [3.05, 3.63) is 60.2 Å². The summed E-state index contributed by atoms with van der Waals surface area (Å²) in [6.07, 6.45) is 5.05. The lowest BCUT2D eigenvalue weighted by atomic mass is 10.2. The van der Waals surface area contributed by atoms with E-state index in [2.05, 4.69) is 21.2 Å². The number of amides is 1. The van der Waals surface area contributed by atoms with Crippen LogP contribution in [0, 0.1) is 0 Å². The van der Waals surface area contributed by atoms with Crippen LogP contribution in [0.2, 0.25) is 0 Å². The van der Waals surface area contributed by atoms with Gasteiger partial charge in [0.2, 0.25) is 17.7 Å². The first-order valence-electron chi connectivity index (χ1n) is 7.92. The average Bonchev–Trinajstić information content (AvgIpc) is 3.27. The van der Waals surface area contributed by atoms with Crippen LogP contribution in [0.15, 0.2) is 53.2 Å². The van der Waals surface area contributed by atoms with Gasteiger partial charge in [-0.25, -0.2) is 0 Å². The van der Waals surface area contributed by atoms with Gasteiger partial charge in [-0.1, -0.05) is 18.2 Å². The highest BCUT2D eigenvalue weighted by Crippen LogP contribution is 2.28. The zero-order valence-electron chi connectivity index (χ0n) is 13.1. The predicted molar refractivity (Wildman–Crippen MR) is 88.3 cm³/mol. The zero-order valence-corrected chi connectivity index (χ0v) is 13.1. The van der Waals surface area contributed by atoms with E-state index in [9.17, 15) is 4.79 Å². The molecule has 0 radical (unpaired) electrons. The summed E-state index contributed by atoms with van der Waals surface area (Å²) in [5.41, 5.74) is 3.02. The lowest BCUT2D eigenvalue weighted by molar-refractivity contribution is -0.118. The first-order valence-corrected chi connectivity index (χ1v) is 7.92. The van der Waals surface area contributed by atoms with Crippen molar-refractivity contribution in [2.45, 2.75) is 19.3 Å². The smallest absolute Gasteiger partial charge is 0.249 e. The third-order valence-corrected chi connectivity index (χ3v) is 4.12. The van der Waals surface area contributed by atoms with Gasteiger partial charge in [-0.15, -0.1) is 10.2 Å². The highest BCUT2D eigenvalue weighted by atomic mass is 16.4. The standard InChI is InChI=1S/C18H16N4O2/c23-17(22-11-9-13-4-1-2-6-15(13)22)8-7-16-20-21-18(24-16)14-5-3-10-19-12-14/h1-6,10,12H,7-9,11H2. The minimum absolute atomic E-state index is 0.0843. The molecule has 1 aromatic carbocycles. The molecule has 0 bridgehead atoms. The maximum Gasteiger partial charge on any atom is 0.249 e. The fourth-order valence-electron chi connectivity index (χ4n) is 2.91. The maximum atomic E-state index is 12.5. The minimum Gasteiger partial charge on any atom is -0.421 e. The molecular weight excluding hydrogens is 304 g/mol. The number of hydrogen-bond donors (Lipinski definition) is 0. The summed E-state index contributed by atoms with van der Waals surface area (Å²) in [4.78, 5) is 18.4. The van der Waals surface area contributed by atoms with Crippen LogP contribution in [0.1, 0.15) is 17.9 Å². The van der Waals surface area contributed by atoms with E-state index in [1.54, 1.807) is 12.4 Å². The second kappa shape index (κ2) is 6.23. The summed E-state index contributed by atoms with van der Waals surface area (Å²) in [6.45, 7) is 0.739. The number of fused-ring (bicyclic) bond motifs is 1. The summed E-state index contributed by atoms with van der Waals surface area (Å²) in [7, 11) is 0. The van der Waals surface area contributed by atoms with Gasteiger partial charge in [-0.05, 0) is 30.2 Å². The Bertz CT molecular complexity index is 860. The number of aryl methyl sites for hydroxylation is 1. The molecule has 0 aliphatic carbocycles. The molecule has 0 spiro atoms. The third-order valence-electron chi connectivity index (χ3n) is 4.12. The summed E-state index contributed by atoms with van der Waals surface area (Å²) < 4.78 is 5.62. The number of para-hydroxylation sites is 1. The molecule has 1 aliphatic rings. The molecule has 3 heterocycles. The molecule has 6 heteroatoms. The molecule has 0 saturated heterocycles. The lowest BCUT2D eigenvalue weighted by Gasteiger charge is -2.16. The van der Waals surface area contributed by atoms with Crippen molar-refractivity contribution in [1.29, 1.82) is 0 Å². The largest absolute Gasteiger partial charge is 0.421 e. The molecule has 1 amide bonds. The Morgan fingerprint density at radius 3 is 2.96 bits per heavy atom. The van der Waals surface area contributed by atoms with Crippen LogP contribution in [0.25, 0.3) is 11.5 Å². The fourth-order valence-corrected chi connectivity index (χ4v) is 2.91. The number of hydrogen-bond acceptors (Lipinski definition) is 5. The number of rotatable bonds is 4. The molecule has 0 fully saturated rings. The first-order chi connectivity index (χ1) is 11.8. The Morgan fingerprint density at radius 2 is 2.08 bits per heavy atom. The van der Waals surface area contributed by atoms with Gasteiger partial charge < -0.3 is 9.32 Å². The summed E-state index contributed by atoms with van der Waals surface area (Å²) >= 11 is 0. The maximum absolute atomic E-state index is 12.5. The number of carbonyl (C=O) groups excluding carboxylic acids is 1. The number of anilines is 1. The number of pyridine rings is 1. The number of benzene rings is 1. The van der Waals surface area contributed by atoms with Gasteiger partial charge in [-0.3, -0.25) is 9.78 Å². The van der Waals surface area contributed by atoms with Gasteiger partial charge in [-0.2, -0.15) is 0 Å². The van der Waals surface area contributed by atoms with Crippen molar-refractivity contribution in [3.8, 4) is 11.5 Å². The molecule has 0 atom stereocenters. The highest BCUT2D eigenvalue weighted by molar-refractivity contribution is 5.95. The fraction of sp³-hybridized carbons (Fsp3) is 0.222. The van der Waals surface area contributed by atoms with E-state index in [1.165, 1.54) is 5.56 Å². The molecule has 4 rings (SSSR count). The Labute approximate surface area is 139 Å². The molecular formula is C18H16N4O2. The highest BCUT2D eigenvalue weighted by Gasteiger charge is 2.24. The second-order valence-corrected chi connectivity index (χ2v) is 5.67. The minimum atomic E-state index is 0.0843. The van der Waals surface area contributed by atoms with Crippen molar-refractivity contribution >= 4 is 11.6 Å². The van der Waals surface area contributed by atoms with Crippen molar-refractivity contribution in [2.24, 2.45) is 0 Å². The van der Waals surface area contributed by atoms with Crippen LogP contribution in [-0.2, 0) is 17.6 Å². The van der Waals surface area contributed by atoms with Gasteiger partial charge >= 0.3 is 0 Å². The number of aromatic nitrogens is 3. The first kappa shape index (κ1) is 14.6. The summed E-state index contributed by atoms with van der Waals surface area (Å²) in [6, 6.07) is 11.7. The number of nitrogens with zero attached hydrogens (tertiary/aromatic N) is 4. The Morgan fingerprint density at radius 1 is 1.17 bits per heavy atom. The van der Waals surface area contributed by atoms with Gasteiger partial charge in [0.1, 0.15) is 0 Å². The van der Waals surface area contributed by atoms with E-state index < -0.39 is 0 Å². The Kier molecular flexibility index (Phi) is 3.78. The van der Waals surface area contributed by atoms with Gasteiger partial charge in [0.15, 0.2) is 0 Å². The summed E-state index contributed by atoms with van der Waals surface area (Å²) in [5.74, 6) is 0.979. The van der Waals surface area contributed by atoms with E-state index in [0.717, 1.165) is 24.2 Å². The van der Waals surface area contributed by atoms with Gasteiger partial charge in [0, 0.05) is 37.5 Å². The molecule has 0 N–H and O–H groups in total. The Hall–Kier alpha value is -3.02. The van der Waals surface area contributed by atoms with Crippen molar-refractivity contribution < 1.29 is 9.21 Å². The molecule has 6 nitrogen and oxygen atoms in total. The van der Waals surface area contributed by atoms with Crippen LogP contribution in [0.4, 0.5) is 5.69 Å². The van der Waals surface area contributed by atoms with Crippen LogP contribution in [0.5, 0.6) is 0 Å². The van der Waals surface area contributed by atoms with E-state index in [4.69, 9.17) is 4.42 Å². The summed E-state index contributed by atoms with van der Waals surface area (Å²) in [5, 5.41) is 8.04. The van der Waals surface area contributed by atoms with Gasteiger partial charge in [0.25, 0.3) is 0 Å². The van der Waals surface area contributed by atoms with Crippen LogP contribution in [-0.4, -0.2) is 27.6 Å². The van der Waals surface area contributed by atoms with Crippen LogP contribution in [0.3, 0.4) is 0 Å². The van der Waals surface area contributed by atoms with E-state index in [1.807, 2.05) is 35.2 Å².